The Kier molecular flexibility index (Phi) is 5.33. The second kappa shape index (κ2) is 7.01. The topological polar surface area (TPSA) is 50.8 Å². The Morgan fingerprint density at radius 1 is 1.65 bits per heavy atom. The van der Waals surface area contributed by atoms with Crippen molar-refractivity contribution < 1.29 is 18.7 Å². The minimum absolute atomic E-state index is 0.146. The number of nitrogens with zero attached hydrogens (tertiary/aromatic N) is 1. The number of ether oxygens (including phenoxy) is 2. The van der Waals surface area contributed by atoms with Crippen LogP contribution < -0.4 is 5.32 Å². The average Bonchev–Trinajstić information content (AvgIpc) is 2.43. The van der Waals surface area contributed by atoms with Crippen molar-refractivity contribution in [2.24, 2.45) is 0 Å². The average molecular weight is 347 g/mol. The van der Waals surface area contributed by atoms with Gasteiger partial charge in [-0.3, -0.25) is 0 Å². The molecule has 1 aromatic carbocycles. The van der Waals surface area contributed by atoms with Crippen molar-refractivity contribution in [2.75, 3.05) is 38.7 Å². The van der Waals surface area contributed by atoms with E-state index in [2.05, 4.69) is 21.2 Å². The number of anilines is 1. The van der Waals surface area contributed by atoms with Gasteiger partial charge in [-0.05, 0) is 18.2 Å². The predicted molar refractivity (Wildman–Crippen MR) is 76.3 cm³/mol. The minimum atomic E-state index is -0.469. The van der Waals surface area contributed by atoms with Crippen LogP contribution in [0.3, 0.4) is 0 Å². The van der Waals surface area contributed by atoms with Crippen molar-refractivity contribution >= 4 is 27.6 Å². The molecule has 0 aromatic heterocycles. The first kappa shape index (κ1) is 15.2. The Morgan fingerprint density at radius 3 is 3.20 bits per heavy atom. The molecule has 7 heteroatoms. The molecule has 0 aliphatic carbocycles. The van der Waals surface area contributed by atoms with Gasteiger partial charge in [-0.25, -0.2) is 9.18 Å². The van der Waals surface area contributed by atoms with E-state index in [0.29, 0.717) is 30.8 Å². The van der Waals surface area contributed by atoms with Gasteiger partial charge in [0.05, 0.1) is 31.5 Å². The normalized spacial score (nSPS) is 18.9. The molecule has 1 fully saturated rings. The number of amides is 2. The van der Waals surface area contributed by atoms with Gasteiger partial charge in [0, 0.05) is 18.1 Å². The number of urea groups is 1. The van der Waals surface area contributed by atoms with Gasteiger partial charge < -0.3 is 19.7 Å². The molecule has 1 aliphatic rings. The van der Waals surface area contributed by atoms with Gasteiger partial charge in [-0.1, -0.05) is 15.9 Å². The van der Waals surface area contributed by atoms with Crippen LogP contribution >= 0.6 is 15.9 Å². The van der Waals surface area contributed by atoms with Gasteiger partial charge >= 0.3 is 6.03 Å². The fraction of sp³-hybridized carbons (Fsp3) is 0.462. The highest BCUT2D eigenvalue weighted by Crippen LogP contribution is 2.20. The lowest BCUT2D eigenvalue weighted by Crippen LogP contribution is -2.48. The summed E-state index contributed by atoms with van der Waals surface area (Å²) in [5.41, 5.74) is 0.152. The number of hydrogen-bond acceptors (Lipinski definition) is 3. The Labute approximate surface area is 125 Å². The summed E-state index contributed by atoms with van der Waals surface area (Å²) in [6, 6.07) is 4.06. The molecule has 110 valence electrons. The van der Waals surface area contributed by atoms with Crippen LogP contribution in [0.5, 0.6) is 0 Å². The van der Waals surface area contributed by atoms with E-state index in [1.165, 1.54) is 12.1 Å². The number of benzene rings is 1. The SMILES string of the molecule is COC[C@@H]1CN(C(=O)Nc2cc(Br)ccc2F)CCO1. The molecule has 0 unspecified atom stereocenters. The summed E-state index contributed by atoms with van der Waals surface area (Å²) in [6.45, 7) is 1.77. The van der Waals surface area contributed by atoms with E-state index < -0.39 is 5.82 Å². The molecule has 0 bridgehead atoms. The largest absolute Gasteiger partial charge is 0.382 e. The van der Waals surface area contributed by atoms with Crippen LogP contribution in [-0.4, -0.2) is 50.4 Å². The lowest BCUT2D eigenvalue weighted by atomic mass is 10.3. The Bertz CT molecular complexity index is 485. The molecule has 1 atom stereocenters. The van der Waals surface area contributed by atoms with Crippen LogP contribution in [0, 0.1) is 5.82 Å². The van der Waals surface area contributed by atoms with Crippen LogP contribution in [0.4, 0.5) is 14.9 Å². The summed E-state index contributed by atoms with van der Waals surface area (Å²) >= 11 is 3.24. The van der Waals surface area contributed by atoms with E-state index in [-0.39, 0.29) is 17.8 Å². The molecule has 20 heavy (non-hydrogen) atoms. The molecule has 0 radical (unpaired) electrons. The first-order valence-electron chi connectivity index (χ1n) is 6.21. The Hall–Kier alpha value is -1.18. The highest BCUT2D eigenvalue weighted by molar-refractivity contribution is 9.10. The maximum atomic E-state index is 13.6. The third-order valence-corrected chi connectivity index (χ3v) is 3.44. The van der Waals surface area contributed by atoms with Crippen LogP contribution in [0.25, 0.3) is 0 Å². The van der Waals surface area contributed by atoms with E-state index in [9.17, 15) is 9.18 Å². The maximum Gasteiger partial charge on any atom is 0.322 e. The molecule has 2 amide bonds. The smallest absolute Gasteiger partial charge is 0.322 e. The zero-order valence-corrected chi connectivity index (χ0v) is 12.7. The van der Waals surface area contributed by atoms with Crippen molar-refractivity contribution in [3.63, 3.8) is 0 Å². The minimum Gasteiger partial charge on any atom is -0.382 e. The summed E-state index contributed by atoms with van der Waals surface area (Å²) in [7, 11) is 1.58. The molecular formula is C13H16BrFN2O3. The number of carbonyl (C=O) groups excluding carboxylic acids is 1. The zero-order chi connectivity index (χ0) is 14.5. The van der Waals surface area contributed by atoms with Gasteiger partial charge in [-0.2, -0.15) is 0 Å². The first-order chi connectivity index (χ1) is 9.60. The quantitative estimate of drug-likeness (QED) is 0.914. The lowest BCUT2D eigenvalue weighted by Gasteiger charge is -2.32. The molecule has 1 aliphatic heterocycles. The number of hydrogen-bond donors (Lipinski definition) is 1. The van der Waals surface area contributed by atoms with Gasteiger partial charge in [0.2, 0.25) is 0 Å². The highest BCUT2D eigenvalue weighted by atomic mass is 79.9. The van der Waals surface area contributed by atoms with E-state index in [1.54, 1.807) is 18.1 Å². The Balaban J connectivity index is 1.99. The van der Waals surface area contributed by atoms with Crippen LogP contribution in [0.15, 0.2) is 22.7 Å². The van der Waals surface area contributed by atoms with Crippen LogP contribution in [0.2, 0.25) is 0 Å². The van der Waals surface area contributed by atoms with Crippen LogP contribution in [0.1, 0.15) is 0 Å². The molecular weight excluding hydrogens is 331 g/mol. The molecule has 0 spiro atoms. The molecule has 1 saturated heterocycles. The van der Waals surface area contributed by atoms with Crippen molar-refractivity contribution in [3.05, 3.63) is 28.5 Å². The number of rotatable bonds is 3. The third kappa shape index (κ3) is 3.91. The monoisotopic (exact) mass is 346 g/mol. The van der Waals surface area contributed by atoms with Crippen molar-refractivity contribution in [1.29, 1.82) is 0 Å². The molecule has 0 saturated carbocycles. The number of halogens is 2. The second-order valence-electron chi connectivity index (χ2n) is 4.45. The third-order valence-electron chi connectivity index (χ3n) is 2.95. The van der Waals surface area contributed by atoms with Crippen molar-refractivity contribution in [3.8, 4) is 0 Å². The molecule has 1 aromatic rings. The van der Waals surface area contributed by atoms with E-state index in [0.717, 1.165) is 0 Å². The number of carbonyl (C=O) groups is 1. The fourth-order valence-electron chi connectivity index (χ4n) is 1.98. The first-order valence-corrected chi connectivity index (χ1v) is 7.01. The summed E-state index contributed by atoms with van der Waals surface area (Å²) in [6.07, 6.45) is -0.146. The standard InChI is InChI=1S/C13H16BrFN2O3/c1-19-8-10-7-17(4-5-20-10)13(18)16-12-6-9(14)2-3-11(12)15/h2-3,6,10H,4-5,7-8H2,1H3,(H,16,18)/t10-/m0/s1. The zero-order valence-electron chi connectivity index (χ0n) is 11.1. The molecule has 5 nitrogen and oxygen atoms in total. The lowest BCUT2D eigenvalue weighted by molar-refractivity contribution is -0.0481. The highest BCUT2D eigenvalue weighted by Gasteiger charge is 2.24. The van der Waals surface area contributed by atoms with E-state index >= 15 is 0 Å². The van der Waals surface area contributed by atoms with Gasteiger partial charge in [-0.15, -0.1) is 0 Å². The van der Waals surface area contributed by atoms with Crippen molar-refractivity contribution in [2.45, 2.75) is 6.10 Å². The van der Waals surface area contributed by atoms with Crippen LogP contribution in [-0.2, 0) is 9.47 Å². The number of nitrogens with one attached hydrogen (secondary N) is 1. The van der Waals surface area contributed by atoms with Gasteiger partial charge in [0.1, 0.15) is 5.82 Å². The summed E-state index contributed by atoms with van der Waals surface area (Å²) in [4.78, 5) is 13.7. The number of methoxy groups -OCH3 is 1. The van der Waals surface area contributed by atoms with Crippen molar-refractivity contribution in [1.82, 2.24) is 4.90 Å². The number of morpholine rings is 1. The molecule has 2 rings (SSSR count). The summed E-state index contributed by atoms with van der Waals surface area (Å²) in [5, 5.41) is 2.57. The van der Waals surface area contributed by atoms with E-state index in [4.69, 9.17) is 9.47 Å². The maximum absolute atomic E-state index is 13.6. The Morgan fingerprint density at radius 2 is 2.45 bits per heavy atom. The molecule has 1 N–H and O–H groups in total. The molecule has 1 heterocycles. The van der Waals surface area contributed by atoms with Gasteiger partial charge in [0.15, 0.2) is 0 Å². The summed E-state index contributed by atoms with van der Waals surface area (Å²) < 4.78 is 24.8. The van der Waals surface area contributed by atoms with Gasteiger partial charge in [0.25, 0.3) is 0 Å². The summed E-state index contributed by atoms with van der Waals surface area (Å²) in [5.74, 6) is -0.469. The fourth-order valence-corrected chi connectivity index (χ4v) is 2.34. The second-order valence-corrected chi connectivity index (χ2v) is 5.36. The predicted octanol–water partition coefficient (Wildman–Crippen LogP) is 2.47. The van der Waals surface area contributed by atoms with E-state index in [1.807, 2.05) is 0 Å².